The Balaban J connectivity index is 1.40. The molecule has 1 saturated heterocycles. The SMILES string of the molecule is O=C(CCc1ccc(O)c(O)c1)C[C@H](CCc1ccc(O)c(O)c1)O[C@@H]1O[C@H](COC(=O)C=Cc2ccc(O)cc2)[C@@H](O)[C@H](O)[C@H]1O. The molecular weight excluding hydrogens is 616 g/mol. The lowest BCUT2D eigenvalue weighted by atomic mass is 9.97. The van der Waals surface area contributed by atoms with E-state index in [-0.39, 0.29) is 66.6 Å². The van der Waals surface area contributed by atoms with Crippen LogP contribution in [-0.2, 0) is 36.6 Å². The second kappa shape index (κ2) is 16.3. The van der Waals surface area contributed by atoms with Crippen molar-refractivity contribution in [2.45, 2.75) is 68.9 Å². The van der Waals surface area contributed by atoms with E-state index in [4.69, 9.17) is 14.2 Å². The highest BCUT2D eigenvalue weighted by Gasteiger charge is 2.45. The molecule has 0 aliphatic carbocycles. The van der Waals surface area contributed by atoms with Crippen LogP contribution in [0.1, 0.15) is 36.0 Å². The van der Waals surface area contributed by atoms with Crippen molar-refractivity contribution < 1.29 is 64.7 Å². The number of aliphatic hydroxyl groups excluding tert-OH is 3. The molecule has 1 heterocycles. The summed E-state index contributed by atoms with van der Waals surface area (Å²) in [7, 11) is 0. The molecule has 0 radical (unpaired) electrons. The number of aromatic hydroxyl groups is 5. The topological polar surface area (TPSA) is 224 Å². The lowest BCUT2D eigenvalue weighted by Crippen LogP contribution is -2.60. The van der Waals surface area contributed by atoms with E-state index < -0.39 is 49.4 Å². The Kier molecular flexibility index (Phi) is 12.2. The molecule has 1 fully saturated rings. The minimum Gasteiger partial charge on any atom is -0.508 e. The van der Waals surface area contributed by atoms with Crippen molar-refractivity contribution in [3.63, 3.8) is 0 Å². The monoisotopic (exact) mass is 654 g/mol. The molecular formula is C34H38O13. The number of Topliss-reactive ketones (excluding diaryl/α,β-unsaturated/α-hetero) is 1. The predicted molar refractivity (Wildman–Crippen MR) is 165 cm³/mol. The van der Waals surface area contributed by atoms with Crippen molar-refractivity contribution >= 4 is 17.8 Å². The molecule has 4 rings (SSSR count). The third-order valence-electron chi connectivity index (χ3n) is 7.67. The molecule has 3 aromatic carbocycles. The summed E-state index contributed by atoms with van der Waals surface area (Å²) in [6.45, 7) is -0.501. The van der Waals surface area contributed by atoms with E-state index in [1.165, 1.54) is 42.5 Å². The van der Waals surface area contributed by atoms with Crippen LogP contribution in [-0.4, -0.2) is 96.0 Å². The maximum atomic E-state index is 13.0. The number of hydrogen-bond donors (Lipinski definition) is 8. The number of carbonyl (C=O) groups is 2. The van der Waals surface area contributed by atoms with Gasteiger partial charge in [-0.25, -0.2) is 4.79 Å². The highest BCUT2D eigenvalue weighted by molar-refractivity contribution is 5.87. The van der Waals surface area contributed by atoms with Gasteiger partial charge >= 0.3 is 5.97 Å². The Morgan fingerprint density at radius 2 is 1.38 bits per heavy atom. The molecule has 6 atom stereocenters. The van der Waals surface area contributed by atoms with Crippen LogP contribution < -0.4 is 0 Å². The van der Waals surface area contributed by atoms with Crippen LogP contribution in [0.3, 0.4) is 0 Å². The Morgan fingerprint density at radius 3 is 2.00 bits per heavy atom. The number of ketones is 1. The zero-order valence-electron chi connectivity index (χ0n) is 25.3. The van der Waals surface area contributed by atoms with Crippen molar-refractivity contribution in [3.05, 3.63) is 83.4 Å². The van der Waals surface area contributed by atoms with Crippen LogP contribution in [0.4, 0.5) is 0 Å². The summed E-state index contributed by atoms with van der Waals surface area (Å²) in [5, 5.41) is 79.9. The van der Waals surface area contributed by atoms with Crippen LogP contribution in [0.2, 0.25) is 0 Å². The molecule has 252 valence electrons. The number of ether oxygens (including phenoxy) is 3. The Hall–Kier alpha value is -4.66. The largest absolute Gasteiger partial charge is 0.508 e. The number of rotatable bonds is 14. The number of phenols is 5. The molecule has 1 aliphatic heterocycles. The summed E-state index contributed by atoms with van der Waals surface area (Å²) < 4.78 is 16.9. The van der Waals surface area contributed by atoms with Crippen molar-refractivity contribution in [2.75, 3.05) is 6.61 Å². The smallest absolute Gasteiger partial charge is 0.330 e. The van der Waals surface area contributed by atoms with Crippen LogP contribution in [0, 0.1) is 0 Å². The number of aryl methyl sites for hydroxylation is 2. The van der Waals surface area contributed by atoms with Gasteiger partial charge in [0.05, 0.1) is 6.10 Å². The van der Waals surface area contributed by atoms with Crippen LogP contribution in [0.25, 0.3) is 6.08 Å². The number of carbonyl (C=O) groups excluding carboxylic acids is 2. The Labute approximate surface area is 270 Å². The normalized spacial score (nSPS) is 21.8. The van der Waals surface area contributed by atoms with Crippen molar-refractivity contribution in [1.82, 2.24) is 0 Å². The van der Waals surface area contributed by atoms with Gasteiger partial charge in [0.25, 0.3) is 0 Å². The van der Waals surface area contributed by atoms with Gasteiger partial charge in [-0.15, -0.1) is 0 Å². The molecule has 0 spiro atoms. The zero-order chi connectivity index (χ0) is 34.1. The first-order chi connectivity index (χ1) is 22.4. The molecule has 0 amide bonds. The summed E-state index contributed by atoms with van der Waals surface area (Å²) >= 11 is 0. The summed E-state index contributed by atoms with van der Waals surface area (Å²) in [6, 6.07) is 14.5. The van der Waals surface area contributed by atoms with E-state index in [1.54, 1.807) is 24.3 Å². The van der Waals surface area contributed by atoms with E-state index in [1.807, 2.05) is 0 Å². The van der Waals surface area contributed by atoms with E-state index >= 15 is 0 Å². The molecule has 0 unspecified atom stereocenters. The predicted octanol–water partition coefficient (Wildman–Crippen LogP) is 2.19. The fourth-order valence-corrected chi connectivity index (χ4v) is 4.95. The maximum absolute atomic E-state index is 13.0. The Morgan fingerprint density at radius 1 is 0.766 bits per heavy atom. The van der Waals surface area contributed by atoms with E-state index in [0.29, 0.717) is 16.7 Å². The number of benzene rings is 3. The van der Waals surface area contributed by atoms with Gasteiger partial charge in [0, 0.05) is 18.9 Å². The van der Waals surface area contributed by atoms with Gasteiger partial charge in [0.1, 0.15) is 42.6 Å². The standard InChI is InChI=1S/C34H38O13/c35-22-8-1-19(2-9-22)7-14-30(41)45-18-29-31(42)32(43)33(44)34(47-29)46-24(11-4-21-6-13-26(38)28(40)16-21)17-23(36)10-3-20-5-12-25(37)27(39)15-20/h1-2,5-9,12-16,24,29,31-35,37-40,42-44H,3-4,10-11,17-18H2/t24-,29+,31+,32-,33+,34+/m0/s1. The van der Waals surface area contributed by atoms with Crippen molar-refractivity contribution in [3.8, 4) is 28.7 Å². The van der Waals surface area contributed by atoms with Gasteiger partial charge in [-0.05, 0) is 78.4 Å². The summed E-state index contributed by atoms with van der Waals surface area (Å²) in [5.41, 5.74) is 1.85. The lowest BCUT2D eigenvalue weighted by molar-refractivity contribution is -0.311. The summed E-state index contributed by atoms with van der Waals surface area (Å²) in [6.07, 6.45) is -5.60. The number of hydrogen-bond acceptors (Lipinski definition) is 13. The van der Waals surface area contributed by atoms with Crippen LogP contribution in [0.15, 0.2) is 66.7 Å². The quantitative estimate of drug-likeness (QED) is 0.0710. The van der Waals surface area contributed by atoms with Gasteiger partial charge in [-0.1, -0.05) is 24.3 Å². The second-order valence-electron chi connectivity index (χ2n) is 11.3. The van der Waals surface area contributed by atoms with Gasteiger partial charge in [-0.3, -0.25) is 4.79 Å². The lowest BCUT2D eigenvalue weighted by Gasteiger charge is -2.41. The second-order valence-corrected chi connectivity index (χ2v) is 11.3. The minimum absolute atomic E-state index is 0.0513. The minimum atomic E-state index is -1.74. The molecule has 3 aromatic rings. The summed E-state index contributed by atoms with van der Waals surface area (Å²) in [5.74, 6) is -2.19. The first-order valence-electron chi connectivity index (χ1n) is 14.9. The molecule has 13 nitrogen and oxygen atoms in total. The fraction of sp³-hybridized carbons (Fsp3) is 0.353. The molecule has 0 saturated carbocycles. The van der Waals surface area contributed by atoms with Gasteiger partial charge < -0.3 is 55.1 Å². The van der Waals surface area contributed by atoms with E-state index in [9.17, 15) is 50.4 Å². The molecule has 0 bridgehead atoms. The van der Waals surface area contributed by atoms with Crippen molar-refractivity contribution in [1.29, 1.82) is 0 Å². The molecule has 0 aromatic heterocycles. The van der Waals surface area contributed by atoms with Gasteiger partial charge in [0.15, 0.2) is 29.3 Å². The van der Waals surface area contributed by atoms with Crippen LogP contribution in [0.5, 0.6) is 28.7 Å². The van der Waals surface area contributed by atoms with Crippen LogP contribution >= 0.6 is 0 Å². The molecule has 13 heteroatoms. The molecule has 47 heavy (non-hydrogen) atoms. The van der Waals surface area contributed by atoms with Gasteiger partial charge in [-0.2, -0.15) is 0 Å². The van der Waals surface area contributed by atoms with Crippen molar-refractivity contribution in [2.24, 2.45) is 0 Å². The summed E-state index contributed by atoms with van der Waals surface area (Å²) in [4.78, 5) is 25.3. The van der Waals surface area contributed by atoms with Gasteiger partial charge in [0.2, 0.25) is 0 Å². The number of aliphatic hydroxyl groups is 3. The first-order valence-corrected chi connectivity index (χ1v) is 14.9. The zero-order valence-corrected chi connectivity index (χ0v) is 25.3. The highest BCUT2D eigenvalue weighted by atomic mass is 16.7. The average molecular weight is 655 g/mol. The first kappa shape index (κ1) is 35.2. The van der Waals surface area contributed by atoms with E-state index in [0.717, 1.165) is 6.08 Å². The van der Waals surface area contributed by atoms with E-state index in [2.05, 4.69) is 0 Å². The average Bonchev–Trinajstić information content (AvgIpc) is 3.05. The number of phenolic OH excluding ortho intramolecular Hbond substituents is 5. The highest BCUT2D eigenvalue weighted by Crippen LogP contribution is 2.29. The third kappa shape index (κ3) is 10.2. The Bertz CT molecular complexity index is 1540. The third-order valence-corrected chi connectivity index (χ3v) is 7.67. The molecule has 1 aliphatic rings. The molecule has 8 N–H and O–H groups in total. The number of esters is 1. The maximum Gasteiger partial charge on any atom is 0.330 e. The fourth-order valence-electron chi connectivity index (χ4n) is 4.95.